The summed E-state index contributed by atoms with van der Waals surface area (Å²) < 4.78 is 33.0. The van der Waals surface area contributed by atoms with Gasteiger partial charge < -0.3 is 9.05 Å². The fourth-order valence-corrected chi connectivity index (χ4v) is 6.18. The maximum atomic E-state index is 12.2. The lowest BCUT2D eigenvalue weighted by atomic mass is 10.9. The lowest BCUT2D eigenvalue weighted by Gasteiger charge is -2.26. The average molecular weight is 305 g/mol. The molecule has 0 saturated heterocycles. The summed E-state index contributed by atoms with van der Waals surface area (Å²) in [4.78, 5) is 2.60. The number of nitrogens with one attached hydrogen (secondary N) is 1. The van der Waals surface area contributed by atoms with E-state index in [0.717, 1.165) is 0 Å². The van der Waals surface area contributed by atoms with Crippen molar-refractivity contribution in [1.29, 1.82) is 0 Å². The quantitative estimate of drug-likeness (QED) is 0.622. The molecule has 0 bridgehead atoms. The summed E-state index contributed by atoms with van der Waals surface area (Å²) in [6.45, 7) is 5.41. The van der Waals surface area contributed by atoms with Crippen molar-refractivity contribution in [2.45, 2.75) is 27.7 Å². The second-order valence-electron chi connectivity index (χ2n) is 2.77. The first-order valence-corrected chi connectivity index (χ1v) is 9.71. The van der Waals surface area contributed by atoms with Crippen LogP contribution in [-0.2, 0) is 34.5 Å². The molecule has 0 fully saturated rings. The van der Waals surface area contributed by atoms with Crippen LogP contribution in [0.3, 0.4) is 0 Å². The highest BCUT2D eigenvalue weighted by Gasteiger charge is 2.33. The van der Waals surface area contributed by atoms with E-state index >= 15 is 0 Å². The molecular weight excluding hydrogens is 284 g/mol. The highest BCUT2D eigenvalue weighted by Crippen LogP contribution is 2.57. The van der Waals surface area contributed by atoms with Crippen LogP contribution in [0.1, 0.15) is 27.7 Å². The molecule has 0 amide bonds. The molecule has 0 aliphatic heterocycles. The Morgan fingerprint density at radius 2 is 1.24 bits per heavy atom. The van der Waals surface area contributed by atoms with E-state index in [2.05, 4.69) is 4.86 Å². The van der Waals surface area contributed by atoms with E-state index in [1.54, 1.807) is 27.7 Å². The highest BCUT2D eigenvalue weighted by atomic mass is 32.5. The first-order valence-electron chi connectivity index (χ1n) is 5.53. The van der Waals surface area contributed by atoms with Crippen molar-refractivity contribution in [2.24, 2.45) is 0 Å². The lowest BCUT2D eigenvalue weighted by Crippen LogP contribution is -2.16. The minimum atomic E-state index is -3.46. The third kappa shape index (κ3) is 6.99. The van der Waals surface area contributed by atoms with Gasteiger partial charge in [-0.2, -0.15) is 0 Å². The molecule has 0 rings (SSSR count). The molecule has 17 heavy (non-hydrogen) atoms. The molecule has 104 valence electrons. The third-order valence-corrected chi connectivity index (χ3v) is 7.16. The molecular formula is C8H21NO5P2S. The Kier molecular flexibility index (Phi) is 9.07. The van der Waals surface area contributed by atoms with Gasteiger partial charge in [0.1, 0.15) is 0 Å². The zero-order valence-electron chi connectivity index (χ0n) is 10.7. The zero-order chi connectivity index (χ0) is 13.4. The smallest absolute Gasteiger partial charge is 0.318 e. The van der Waals surface area contributed by atoms with Gasteiger partial charge in [0.15, 0.2) is 0 Å². The predicted molar refractivity (Wildman–Crippen MR) is 71.5 cm³/mol. The summed E-state index contributed by atoms with van der Waals surface area (Å²) in [6, 6.07) is 0. The van der Waals surface area contributed by atoms with Crippen molar-refractivity contribution >= 4 is 26.2 Å². The number of hydrogen-bond acceptors (Lipinski definition) is 6. The lowest BCUT2D eigenvalue weighted by molar-refractivity contribution is 0.209. The highest BCUT2D eigenvalue weighted by molar-refractivity contribution is 8.10. The zero-order valence-corrected chi connectivity index (χ0v) is 13.3. The van der Waals surface area contributed by atoms with Crippen LogP contribution >= 0.6 is 14.4 Å². The molecule has 0 radical (unpaired) electrons. The molecule has 0 aromatic heterocycles. The van der Waals surface area contributed by atoms with Crippen molar-refractivity contribution in [3.05, 3.63) is 0 Å². The minimum Gasteiger partial charge on any atom is -0.318 e. The van der Waals surface area contributed by atoms with Crippen molar-refractivity contribution in [2.75, 3.05) is 26.4 Å². The Hall–Kier alpha value is 0.680. The Morgan fingerprint density at radius 3 is 1.53 bits per heavy atom. The van der Waals surface area contributed by atoms with Gasteiger partial charge in [0.05, 0.1) is 26.4 Å². The van der Waals surface area contributed by atoms with Crippen LogP contribution in [0, 0.1) is 0 Å². The monoisotopic (exact) mass is 305 g/mol. The second kappa shape index (κ2) is 8.73. The Morgan fingerprint density at radius 1 is 0.882 bits per heavy atom. The molecule has 0 heterocycles. The minimum absolute atomic E-state index is 0.248. The summed E-state index contributed by atoms with van der Waals surface area (Å²) >= 11 is 5.20. The maximum Gasteiger partial charge on any atom is 0.413 e. The van der Waals surface area contributed by atoms with E-state index in [1.165, 1.54) is 0 Å². The van der Waals surface area contributed by atoms with Crippen molar-refractivity contribution in [3.63, 3.8) is 0 Å². The van der Waals surface area contributed by atoms with Crippen LogP contribution in [-0.4, -0.2) is 26.4 Å². The van der Waals surface area contributed by atoms with Crippen LogP contribution in [0.25, 0.3) is 0 Å². The van der Waals surface area contributed by atoms with Crippen LogP contribution in [0.2, 0.25) is 0 Å². The van der Waals surface area contributed by atoms with Crippen molar-refractivity contribution in [1.82, 2.24) is 4.86 Å². The molecule has 0 unspecified atom stereocenters. The van der Waals surface area contributed by atoms with Crippen LogP contribution < -0.4 is 4.86 Å². The largest absolute Gasteiger partial charge is 0.413 e. The Balaban J connectivity index is 4.79. The average Bonchev–Trinajstić information content (AvgIpc) is 2.17. The van der Waals surface area contributed by atoms with E-state index in [0.29, 0.717) is 13.2 Å². The molecule has 0 aromatic carbocycles. The van der Waals surface area contributed by atoms with Gasteiger partial charge in [0.25, 0.3) is 6.64 Å². The first kappa shape index (κ1) is 17.7. The second-order valence-corrected chi connectivity index (χ2v) is 8.03. The summed E-state index contributed by atoms with van der Waals surface area (Å²) in [5.74, 6) is 0. The van der Waals surface area contributed by atoms with Gasteiger partial charge in [-0.1, -0.05) is 0 Å². The summed E-state index contributed by atoms with van der Waals surface area (Å²) in [5.41, 5.74) is 0. The van der Waals surface area contributed by atoms with Gasteiger partial charge in [-0.3, -0.25) is 9.05 Å². The summed E-state index contributed by atoms with van der Waals surface area (Å²) in [6.07, 6.45) is 0. The Labute approximate surface area is 108 Å². The van der Waals surface area contributed by atoms with E-state index in [4.69, 9.17) is 29.9 Å². The maximum absolute atomic E-state index is 12.2. The first-order chi connectivity index (χ1) is 7.95. The summed E-state index contributed by atoms with van der Waals surface area (Å²) in [7, 11) is -3.46. The molecule has 0 spiro atoms. The van der Waals surface area contributed by atoms with Gasteiger partial charge in [-0.25, -0.2) is 4.57 Å². The van der Waals surface area contributed by atoms with Crippen LogP contribution in [0.5, 0.6) is 0 Å². The molecule has 0 aliphatic rings. The topological polar surface area (TPSA) is 66.0 Å². The van der Waals surface area contributed by atoms with Crippen molar-refractivity contribution in [3.8, 4) is 0 Å². The Bertz CT molecular complexity index is 254. The third-order valence-electron chi connectivity index (χ3n) is 1.44. The molecule has 0 atom stereocenters. The standard InChI is InChI=1S/C8H21NO5P2S/c1-5-11-15(10,12-6-2)9-16(17,13-7-3)14-8-4/h5-8H2,1-4H3,(H,9,10,17). The molecule has 1 N–H and O–H groups in total. The van der Waals surface area contributed by atoms with E-state index in [-0.39, 0.29) is 13.2 Å². The van der Waals surface area contributed by atoms with E-state index in [1.807, 2.05) is 0 Å². The van der Waals surface area contributed by atoms with E-state index < -0.39 is 14.4 Å². The van der Waals surface area contributed by atoms with Gasteiger partial charge >= 0.3 is 7.75 Å². The fraction of sp³-hybridized carbons (Fsp3) is 1.00. The number of rotatable bonds is 10. The van der Waals surface area contributed by atoms with Crippen LogP contribution in [0.15, 0.2) is 0 Å². The molecule has 0 aromatic rings. The molecule has 6 nitrogen and oxygen atoms in total. The van der Waals surface area contributed by atoms with Gasteiger partial charge in [0, 0.05) is 0 Å². The van der Waals surface area contributed by atoms with Gasteiger partial charge in [0.2, 0.25) is 0 Å². The summed E-state index contributed by atoms with van der Waals surface area (Å²) in [5, 5.41) is 0. The normalized spacial score (nSPS) is 12.9. The molecule has 9 heteroatoms. The predicted octanol–water partition coefficient (Wildman–Crippen LogP) is 3.05. The number of hydrogen-bond donors (Lipinski definition) is 1. The van der Waals surface area contributed by atoms with Gasteiger partial charge in [-0.05, 0) is 39.5 Å². The van der Waals surface area contributed by atoms with Crippen molar-refractivity contribution < 1.29 is 22.7 Å². The molecule has 0 aliphatic carbocycles. The molecule has 0 saturated carbocycles. The van der Waals surface area contributed by atoms with Crippen LogP contribution in [0.4, 0.5) is 0 Å². The fourth-order valence-electron chi connectivity index (χ4n) is 1.02. The SMILES string of the molecule is CCOP(=O)(NP(=S)(OCC)OCC)OCC. The van der Waals surface area contributed by atoms with E-state index in [9.17, 15) is 4.57 Å². The van der Waals surface area contributed by atoms with Gasteiger partial charge in [-0.15, -0.1) is 4.86 Å².